The molecule has 0 amide bonds. The number of nitrogens with one attached hydrogen (secondary N) is 2. The molecular formula is C12H21N3O2. The van der Waals surface area contributed by atoms with Crippen molar-refractivity contribution in [2.24, 2.45) is 0 Å². The van der Waals surface area contributed by atoms with Gasteiger partial charge in [-0.25, -0.2) is 0 Å². The third kappa shape index (κ3) is 2.68. The Morgan fingerprint density at radius 3 is 3.06 bits per heavy atom. The summed E-state index contributed by atoms with van der Waals surface area (Å²) in [6.45, 7) is 4.89. The van der Waals surface area contributed by atoms with E-state index in [2.05, 4.69) is 22.4 Å². The van der Waals surface area contributed by atoms with Crippen LogP contribution in [-0.2, 0) is 9.47 Å². The highest BCUT2D eigenvalue weighted by molar-refractivity contribution is 5.10. The fourth-order valence-electron chi connectivity index (χ4n) is 2.35. The second-order valence-corrected chi connectivity index (χ2v) is 4.46. The van der Waals surface area contributed by atoms with Gasteiger partial charge in [0.15, 0.2) is 0 Å². The molecule has 1 aliphatic carbocycles. The van der Waals surface area contributed by atoms with Gasteiger partial charge in [-0.15, -0.1) is 0 Å². The van der Waals surface area contributed by atoms with Gasteiger partial charge in [-0.2, -0.15) is 5.10 Å². The molecule has 0 radical (unpaired) electrons. The van der Waals surface area contributed by atoms with Crippen molar-refractivity contribution in [2.45, 2.75) is 44.6 Å². The minimum Gasteiger partial charge on any atom is -0.377 e. The summed E-state index contributed by atoms with van der Waals surface area (Å²) in [5.74, 6) is 0. The van der Waals surface area contributed by atoms with Gasteiger partial charge >= 0.3 is 0 Å². The molecule has 1 heterocycles. The van der Waals surface area contributed by atoms with E-state index in [0.29, 0.717) is 6.04 Å². The third-order valence-electron chi connectivity index (χ3n) is 3.39. The van der Waals surface area contributed by atoms with Gasteiger partial charge in [0.25, 0.3) is 0 Å². The van der Waals surface area contributed by atoms with Crippen LogP contribution in [0.4, 0.5) is 0 Å². The smallest absolute Gasteiger partial charge is 0.0987 e. The van der Waals surface area contributed by atoms with Gasteiger partial charge in [-0.1, -0.05) is 0 Å². The lowest BCUT2D eigenvalue weighted by molar-refractivity contribution is -0.133. The fourth-order valence-corrected chi connectivity index (χ4v) is 2.35. The molecule has 2 rings (SSSR count). The van der Waals surface area contributed by atoms with E-state index in [1.54, 1.807) is 7.11 Å². The molecule has 1 fully saturated rings. The SMILES string of the molecule is CCOC1CC(NC(C)c2cn[nH]c2)C1OC. The number of hydrogen-bond acceptors (Lipinski definition) is 4. The van der Waals surface area contributed by atoms with Gasteiger partial charge in [-0.05, 0) is 20.3 Å². The van der Waals surface area contributed by atoms with Crippen molar-refractivity contribution in [3.63, 3.8) is 0 Å². The molecule has 0 aliphatic heterocycles. The molecule has 1 aromatic rings. The molecular weight excluding hydrogens is 218 g/mol. The first kappa shape index (κ1) is 12.5. The Labute approximate surface area is 102 Å². The highest BCUT2D eigenvalue weighted by atomic mass is 16.5. The standard InChI is InChI=1S/C12H21N3O2/c1-4-17-11-5-10(12(11)16-3)15-8(2)9-6-13-14-7-9/h6-8,10-12,15H,4-5H2,1-3H3,(H,13,14). The number of aromatic nitrogens is 2. The molecule has 96 valence electrons. The van der Waals surface area contributed by atoms with E-state index in [1.165, 1.54) is 5.56 Å². The van der Waals surface area contributed by atoms with Crippen LogP contribution in [0.3, 0.4) is 0 Å². The molecule has 5 heteroatoms. The lowest BCUT2D eigenvalue weighted by Crippen LogP contribution is -2.60. The molecule has 1 aliphatic rings. The van der Waals surface area contributed by atoms with Crippen molar-refractivity contribution in [2.75, 3.05) is 13.7 Å². The minimum absolute atomic E-state index is 0.157. The van der Waals surface area contributed by atoms with Crippen LogP contribution in [0.2, 0.25) is 0 Å². The summed E-state index contributed by atoms with van der Waals surface area (Å²) in [7, 11) is 1.74. The summed E-state index contributed by atoms with van der Waals surface area (Å²) in [4.78, 5) is 0. The first-order chi connectivity index (χ1) is 8.26. The number of ether oxygens (including phenoxy) is 2. The predicted octanol–water partition coefficient (Wildman–Crippen LogP) is 1.25. The van der Waals surface area contributed by atoms with Crippen LogP contribution >= 0.6 is 0 Å². The normalized spacial score (nSPS) is 29.9. The second kappa shape index (κ2) is 5.62. The highest BCUT2D eigenvalue weighted by Crippen LogP contribution is 2.28. The van der Waals surface area contributed by atoms with Gasteiger partial charge in [-0.3, -0.25) is 5.10 Å². The maximum Gasteiger partial charge on any atom is 0.0987 e. The molecule has 4 unspecified atom stereocenters. The van der Waals surface area contributed by atoms with Gasteiger partial charge in [0.1, 0.15) is 0 Å². The van der Waals surface area contributed by atoms with E-state index in [9.17, 15) is 0 Å². The number of rotatable bonds is 6. The number of nitrogens with zero attached hydrogens (tertiary/aromatic N) is 1. The van der Waals surface area contributed by atoms with Crippen LogP contribution in [0.1, 0.15) is 31.9 Å². The maximum absolute atomic E-state index is 5.60. The second-order valence-electron chi connectivity index (χ2n) is 4.46. The van der Waals surface area contributed by atoms with Crippen LogP contribution in [0, 0.1) is 0 Å². The van der Waals surface area contributed by atoms with Crippen molar-refractivity contribution in [3.05, 3.63) is 18.0 Å². The number of hydrogen-bond donors (Lipinski definition) is 2. The Hall–Kier alpha value is -0.910. The summed E-state index contributed by atoms with van der Waals surface area (Å²) >= 11 is 0. The van der Waals surface area contributed by atoms with Crippen LogP contribution < -0.4 is 5.32 Å². The summed E-state index contributed by atoms with van der Waals surface area (Å²) < 4.78 is 11.1. The summed E-state index contributed by atoms with van der Waals surface area (Å²) in [5.41, 5.74) is 1.17. The first-order valence-electron chi connectivity index (χ1n) is 6.15. The summed E-state index contributed by atoms with van der Waals surface area (Å²) in [5, 5.41) is 10.3. The molecule has 1 saturated carbocycles. The number of H-pyrrole nitrogens is 1. The van der Waals surface area contributed by atoms with Crippen LogP contribution in [0.5, 0.6) is 0 Å². The molecule has 0 spiro atoms. The maximum atomic E-state index is 5.60. The molecule has 5 nitrogen and oxygen atoms in total. The van der Waals surface area contributed by atoms with E-state index in [-0.39, 0.29) is 18.2 Å². The van der Waals surface area contributed by atoms with Crippen molar-refractivity contribution in [1.29, 1.82) is 0 Å². The van der Waals surface area contributed by atoms with E-state index < -0.39 is 0 Å². The summed E-state index contributed by atoms with van der Waals surface area (Å²) in [6, 6.07) is 0.639. The minimum atomic E-state index is 0.157. The van der Waals surface area contributed by atoms with E-state index in [1.807, 2.05) is 19.3 Å². The number of methoxy groups -OCH3 is 1. The Morgan fingerprint density at radius 1 is 1.65 bits per heavy atom. The van der Waals surface area contributed by atoms with E-state index in [0.717, 1.165) is 13.0 Å². The quantitative estimate of drug-likeness (QED) is 0.784. The zero-order chi connectivity index (χ0) is 12.3. The molecule has 17 heavy (non-hydrogen) atoms. The predicted molar refractivity (Wildman–Crippen MR) is 64.8 cm³/mol. The van der Waals surface area contributed by atoms with Crippen LogP contribution in [0.15, 0.2) is 12.4 Å². The average molecular weight is 239 g/mol. The lowest BCUT2D eigenvalue weighted by atomic mass is 9.84. The highest BCUT2D eigenvalue weighted by Gasteiger charge is 2.42. The number of aromatic amines is 1. The van der Waals surface area contributed by atoms with Gasteiger partial charge in [0.2, 0.25) is 0 Å². The average Bonchev–Trinajstić information content (AvgIpc) is 2.81. The van der Waals surface area contributed by atoms with E-state index >= 15 is 0 Å². The zero-order valence-corrected chi connectivity index (χ0v) is 10.6. The largest absolute Gasteiger partial charge is 0.377 e. The van der Waals surface area contributed by atoms with Crippen molar-refractivity contribution in [1.82, 2.24) is 15.5 Å². The molecule has 4 atom stereocenters. The third-order valence-corrected chi connectivity index (χ3v) is 3.39. The molecule has 0 aromatic carbocycles. The molecule has 2 N–H and O–H groups in total. The topological polar surface area (TPSA) is 59.2 Å². The van der Waals surface area contributed by atoms with Crippen LogP contribution in [-0.4, -0.2) is 42.2 Å². The Morgan fingerprint density at radius 2 is 2.47 bits per heavy atom. The van der Waals surface area contributed by atoms with Crippen molar-refractivity contribution in [3.8, 4) is 0 Å². The van der Waals surface area contributed by atoms with Gasteiger partial charge in [0, 0.05) is 37.6 Å². The Balaban J connectivity index is 1.84. The van der Waals surface area contributed by atoms with Gasteiger partial charge < -0.3 is 14.8 Å². The van der Waals surface area contributed by atoms with Crippen LogP contribution in [0.25, 0.3) is 0 Å². The molecule has 0 bridgehead atoms. The molecule has 1 aromatic heterocycles. The fraction of sp³-hybridized carbons (Fsp3) is 0.750. The lowest BCUT2D eigenvalue weighted by Gasteiger charge is -2.44. The monoisotopic (exact) mass is 239 g/mol. The summed E-state index contributed by atoms with van der Waals surface area (Å²) in [6.07, 6.45) is 5.16. The first-order valence-corrected chi connectivity index (χ1v) is 6.15. The van der Waals surface area contributed by atoms with Crippen molar-refractivity contribution < 1.29 is 9.47 Å². The van der Waals surface area contributed by atoms with Gasteiger partial charge in [0.05, 0.1) is 18.4 Å². The Kier molecular flexibility index (Phi) is 4.15. The molecule has 0 saturated heterocycles. The zero-order valence-electron chi connectivity index (χ0n) is 10.6. The Bertz CT molecular complexity index is 329. The van der Waals surface area contributed by atoms with Crippen molar-refractivity contribution >= 4 is 0 Å². The van der Waals surface area contributed by atoms with E-state index in [4.69, 9.17) is 9.47 Å².